The van der Waals surface area contributed by atoms with Gasteiger partial charge in [0.15, 0.2) is 0 Å². The molecule has 9 heteroatoms. The van der Waals surface area contributed by atoms with Crippen LogP contribution in [0.5, 0.6) is 17.2 Å². The first-order chi connectivity index (χ1) is 15.1. The maximum Gasteiger partial charge on any atom is 0.453 e. The van der Waals surface area contributed by atoms with Gasteiger partial charge in [-0.2, -0.15) is 13.2 Å². The van der Waals surface area contributed by atoms with E-state index in [-0.39, 0.29) is 34.6 Å². The fourth-order valence-electron chi connectivity index (χ4n) is 3.67. The Morgan fingerprint density at radius 2 is 1.72 bits per heavy atom. The summed E-state index contributed by atoms with van der Waals surface area (Å²) in [5.41, 5.74) is -0.184. The lowest BCUT2D eigenvalue weighted by Crippen LogP contribution is -2.43. The van der Waals surface area contributed by atoms with Gasteiger partial charge in [-0.1, -0.05) is 17.7 Å². The molecule has 32 heavy (non-hydrogen) atoms. The van der Waals surface area contributed by atoms with Crippen LogP contribution in [0.25, 0.3) is 11.0 Å². The van der Waals surface area contributed by atoms with Crippen LogP contribution < -0.4 is 10.2 Å². The van der Waals surface area contributed by atoms with E-state index in [4.69, 9.17) is 9.15 Å². The van der Waals surface area contributed by atoms with Crippen LogP contribution in [-0.4, -0.2) is 48.1 Å². The lowest BCUT2D eigenvalue weighted by molar-refractivity contribution is -0.154. The van der Waals surface area contributed by atoms with Crippen LogP contribution in [0, 0.1) is 6.92 Å². The van der Waals surface area contributed by atoms with Crippen molar-refractivity contribution in [3.05, 3.63) is 63.5 Å². The van der Waals surface area contributed by atoms with E-state index in [1.54, 1.807) is 12.1 Å². The predicted octanol–water partition coefficient (Wildman–Crippen LogP) is 4.37. The van der Waals surface area contributed by atoms with Crippen LogP contribution >= 0.6 is 0 Å². The number of nitrogens with zero attached hydrogens (tertiary/aromatic N) is 2. The van der Waals surface area contributed by atoms with Crippen molar-refractivity contribution in [3.63, 3.8) is 0 Å². The highest BCUT2D eigenvalue weighted by Crippen LogP contribution is 2.40. The third-order valence-electron chi connectivity index (χ3n) is 5.57. The highest BCUT2D eigenvalue weighted by molar-refractivity contribution is 5.83. The minimum atomic E-state index is -4.97. The van der Waals surface area contributed by atoms with E-state index in [2.05, 4.69) is 4.90 Å². The van der Waals surface area contributed by atoms with Gasteiger partial charge in [-0.25, -0.2) is 0 Å². The molecular formula is C23H23F3N2O4. The first kappa shape index (κ1) is 22.2. The minimum absolute atomic E-state index is 0.0814. The number of halogens is 3. The van der Waals surface area contributed by atoms with E-state index >= 15 is 0 Å². The molecule has 2 heterocycles. The van der Waals surface area contributed by atoms with E-state index in [0.29, 0.717) is 13.1 Å². The molecule has 0 unspecified atom stereocenters. The average Bonchev–Trinajstić information content (AvgIpc) is 2.74. The van der Waals surface area contributed by atoms with Crippen molar-refractivity contribution in [1.82, 2.24) is 9.80 Å². The van der Waals surface area contributed by atoms with Gasteiger partial charge >= 0.3 is 6.18 Å². The number of phenols is 1. The van der Waals surface area contributed by atoms with Crippen molar-refractivity contribution in [1.29, 1.82) is 0 Å². The van der Waals surface area contributed by atoms with Crippen LogP contribution in [0.3, 0.4) is 0 Å². The molecule has 0 radical (unpaired) electrons. The zero-order valence-electron chi connectivity index (χ0n) is 17.7. The molecule has 0 aliphatic carbocycles. The van der Waals surface area contributed by atoms with Gasteiger partial charge in [-0.15, -0.1) is 0 Å². The van der Waals surface area contributed by atoms with Crippen molar-refractivity contribution in [3.8, 4) is 17.2 Å². The zero-order valence-corrected chi connectivity index (χ0v) is 17.7. The summed E-state index contributed by atoms with van der Waals surface area (Å²) in [6.45, 7) is 4.92. The lowest BCUT2D eigenvalue weighted by Gasteiger charge is -2.32. The zero-order chi connectivity index (χ0) is 23.0. The highest BCUT2D eigenvalue weighted by atomic mass is 19.4. The Hall–Kier alpha value is -3.04. The summed E-state index contributed by atoms with van der Waals surface area (Å²) in [5.74, 6) is -2.59. The second kappa shape index (κ2) is 8.48. The van der Waals surface area contributed by atoms with E-state index in [1.165, 1.54) is 24.3 Å². The Morgan fingerprint density at radius 3 is 2.34 bits per heavy atom. The smallest absolute Gasteiger partial charge is 0.453 e. The third kappa shape index (κ3) is 4.44. The maximum absolute atomic E-state index is 13.9. The molecule has 4 rings (SSSR count). The van der Waals surface area contributed by atoms with Crippen molar-refractivity contribution in [2.24, 2.45) is 0 Å². The molecular weight excluding hydrogens is 425 g/mol. The molecule has 1 saturated heterocycles. The summed E-state index contributed by atoms with van der Waals surface area (Å²) >= 11 is 0. The Bertz CT molecular complexity index is 1180. The summed E-state index contributed by atoms with van der Waals surface area (Å²) in [7, 11) is 1.98. The number of hydrogen-bond acceptors (Lipinski definition) is 6. The number of likely N-dealkylation sites (N-methyl/N-ethyl adjacent to an activating group) is 1. The van der Waals surface area contributed by atoms with Gasteiger partial charge in [0.25, 0.3) is 5.76 Å². The number of phenolic OH excluding ortho intramolecular Hbond substituents is 1. The van der Waals surface area contributed by atoms with Gasteiger partial charge in [0.2, 0.25) is 11.2 Å². The largest absolute Gasteiger partial charge is 0.507 e. The summed E-state index contributed by atoms with van der Waals surface area (Å²) in [6, 6.07) is 8.85. The Balaban J connectivity index is 1.83. The molecule has 0 atom stereocenters. The van der Waals surface area contributed by atoms with Crippen molar-refractivity contribution in [2.75, 3.05) is 33.2 Å². The topological polar surface area (TPSA) is 66.2 Å². The van der Waals surface area contributed by atoms with Crippen LogP contribution in [-0.2, 0) is 12.7 Å². The molecule has 2 aromatic carbocycles. The first-order valence-corrected chi connectivity index (χ1v) is 10.2. The highest BCUT2D eigenvalue weighted by Gasteiger charge is 2.41. The molecule has 0 saturated carbocycles. The summed E-state index contributed by atoms with van der Waals surface area (Å²) in [4.78, 5) is 17.2. The van der Waals surface area contributed by atoms with E-state index < -0.39 is 23.1 Å². The molecule has 1 fully saturated rings. The van der Waals surface area contributed by atoms with Crippen molar-refractivity contribution < 1.29 is 27.4 Å². The molecule has 1 aromatic heterocycles. The van der Waals surface area contributed by atoms with Gasteiger partial charge in [-0.05, 0) is 38.2 Å². The molecule has 1 N–H and O–H groups in total. The van der Waals surface area contributed by atoms with Gasteiger partial charge in [0.1, 0.15) is 17.1 Å². The average molecular weight is 448 g/mol. The van der Waals surface area contributed by atoms with Gasteiger partial charge in [0, 0.05) is 32.7 Å². The summed E-state index contributed by atoms with van der Waals surface area (Å²) < 4.78 is 52.2. The van der Waals surface area contributed by atoms with Crippen LogP contribution in [0.1, 0.15) is 16.9 Å². The predicted molar refractivity (Wildman–Crippen MR) is 113 cm³/mol. The lowest BCUT2D eigenvalue weighted by atomic mass is 10.1. The maximum atomic E-state index is 13.9. The van der Waals surface area contributed by atoms with Crippen molar-refractivity contribution in [2.45, 2.75) is 19.6 Å². The molecule has 6 nitrogen and oxygen atoms in total. The summed E-state index contributed by atoms with van der Waals surface area (Å²) in [5, 5.41) is 10.3. The fraction of sp³-hybridized carbons (Fsp3) is 0.348. The van der Waals surface area contributed by atoms with Gasteiger partial charge < -0.3 is 19.2 Å². The molecule has 1 aliphatic heterocycles. The number of aromatic hydroxyl groups is 1. The van der Waals surface area contributed by atoms with E-state index in [0.717, 1.165) is 18.7 Å². The number of rotatable bonds is 4. The first-order valence-electron chi connectivity index (χ1n) is 10.2. The van der Waals surface area contributed by atoms with Crippen molar-refractivity contribution >= 4 is 11.0 Å². The quantitative estimate of drug-likeness (QED) is 0.640. The number of ether oxygens (including phenoxy) is 1. The standard InChI is InChI=1S/C23H23F3N2O4/c1-14-3-5-15(6-4-14)31-21-19(30)16-7-8-18(29)17(13-28-11-9-27(2)10-12-28)20(16)32-22(21)23(24,25)26/h3-8,29H,9-13H2,1-2H3. The number of aryl methyl sites for hydroxylation is 1. The minimum Gasteiger partial charge on any atom is -0.507 e. The molecule has 170 valence electrons. The Morgan fingerprint density at radius 1 is 1.06 bits per heavy atom. The molecule has 0 amide bonds. The monoisotopic (exact) mass is 448 g/mol. The van der Waals surface area contributed by atoms with Crippen LogP contribution in [0.4, 0.5) is 13.2 Å². The molecule has 0 spiro atoms. The third-order valence-corrected chi connectivity index (χ3v) is 5.57. The fourth-order valence-corrected chi connectivity index (χ4v) is 3.67. The summed E-state index contributed by atoms with van der Waals surface area (Å²) in [6.07, 6.45) is -4.97. The number of benzene rings is 2. The number of piperazine rings is 1. The molecule has 1 aliphatic rings. The number of fused-ring (bicyclic) bond motifs is 1. The Labute approximate surface area is 182 Å². The van der Waals surface area contributed by atoms with Crippen LogP contribution in [0.2, 0.25) is 0 Å². The van der Waals surface area contributed by atoms with Gasteiger partial charge in [0.05, 0.1) is 10.9 Å². The second-order valence-electron chi connectivity index (χ2n) is 8.02. The second-order valence-corrected chi connectivity index (χ2v) is 8.02. The Kier molecular flexibility index (Phi) is 5.87. The van der Waals surface area contributed by atoms with E-state index in [1.807, 2.05) is 18.9 Å². The molecule has 3 aromatic rings. The number of alkyl halides is 3. The molecule has 0 bridgehead atoms. The van der Waals surface area contributed by atoms with Crippen LogP contribution in [0.15, 0.2) is 45.6 Å². The van der Waals surface area contributed by atoms with E-state index in [9.17, 15) is 23.1 Å². The normalized spacial score (nSPS) is 15.9. The number of hydrogen-bond donors (Lipinski definition) is 1. The SMILES string of the molecule is Cc1ccc(Oc2c(C(F)(F)F)oc3c(CN4CCN(C)CC4)c(O)ccc3c2=O)cc1. The van der Waals surface area contributed by atoms with Gasteiger partial charge in [-0.3, -0.25) is 9.69 Å².